The van der Waals surface area contributed by atoms with Gasteiger partial charge in [-0.3, -0.25) is 0 Å². The first-order valence-electron chi connectivity index (χ1n) is 6.89. The van der Waals surface area contributed by atoms with Crippen LogP contribution in [0.25, 0.3) is 0 Å². The molecule has 1 heterocycles. The van der Waals surface area contributed by atoms with E-state index in [1.165, 1.54) is 17.7 Å². The lowest BCUT2D eigenvalue weighted by Gasteiger charge is -2.17. The van der Waals surface area contributed by atoms with Crippen molar-refractivity contribution in [2.75, 3.05) is 26.7 Å². The molecule has 0 saturated carbocycles. The highest BCUT2D eigenvalue weighted by atomic mass is 32.1. The van der Waals surface area contributed by atoms with E-state index in [1.807, 2.05) is 12.1 Å². The highest BCUT2D eigenvalue weighted by Gasteiger charge is 2.00. The van der Waals surface area contributed by atoms with Crippen LogP contribution in [0.5, 0.6) is 0 Å². The summed E-state index contributed by atoms with van der Waals surface area (Å²) in [7, 11) is 2.09. The summed E-state index contributed by atoms with van der Waals surface area (Å²) in [6, 6.07) is 8.89. The van der Waals surface area contributed by atoms with Gasteiger partial charge in [0.2, 0.25) is 0 Å². The maximum absolute atomic E-state index is 12.8. The molecule has 1 N–H and O–H groups in total. The molecule has 2 rings (SSSR count). The van der Waals surface area contributed by atoms with E-state index in [9.17, 15) is 4.39 Å². The van der Waals surface area contributed by atoms with Gasteiger partial charge in [-0.1, -0.05) is 12.1 Å². The van der Waals surface area contributed by atoms with Crippen LogP contribution in [-0.2, 0) is 13.0 Å². The lowest BCUT2D eigenvalue weighted by Crippen LogP contribution is -2.30. The number of halogens is 1. The Kier molecular flexibility index (Phi) is 6.18. The summed E-state index contributed by atoms with van der Waals surface area (Å²) in [4.78, 5) is 2.24. The van der Waals surface area contributed by atoms with E-state index >= 15 is 0 Å². The van der Waals surface area contributed by atoms with Gasteiger partial charge in [-0.15, -0.1) is 0 Å². The topological polar surface area (TPSA) is 15.3 Å². The third-order valence-electron chi connectivity index (χ3n) is 3.21. The summed E-state index contributed by atoms with van der Waals surface area (Å²) in [6.07, 6.45) is 1.09. The number of benzene rings is 1. The lowest BCUT2D eigenvalue weighted by atomic mass is 10.2. The SMILES string of the molecule is CN(CCNCCc1ccsc1)Cc1ccc(F)cc1. The van der Waals surface area contributed by atoms with Gasteiger partial charge in [0.15, 0.2) is 0 Å². The summed E-state index contributed by atoms with van der Waals surface area (Å²) in [5, 5.41) is 7.77. The minimum Gasteiger partial charge on any atom is -0.315 e. The van der Waals surface area contributed by atoms with Gasteiger partial charge in [0.1, 0.15) is 5.82 Å². The molecule has 0 unspecified atom stereocenters. The van der Waals surface area contributed by atoms with Gasteiger partial charge in [0.05, 0.1) is 0 Å². The Morgan fingerprint density at radius 3 is 2.60 bits per heavy atom. The van der Waals surface area contributed by atoms with E-state index in [1.54, 1.807) is 11.3 Å². The second-order valence-corrected chi connectivity index (χ2v) is 5.78. The van der Waals surface area contributed by atoms with E-state index in [-0.39, 0.29) is 5.82 Å². The van der Waals surface area contributed by atoms with Crippen LogP contribution >= 0.6 is 11.3 Å². The van der Waals surface area contributed by atoms with Crippen LogP contribution in [-0.4, -0.2) is 31.6 Å². The molecule has 2 aromatic rings. The van der Waals surface area contributed by atoms with E-state index in [0.717, 1.165) is 38.2 Å². The molecule has 0 fully saturated rings. The van der Waals surface area contributed by atoms with Crippen molar-refractivity contribution in [1.82, 2.24) is 10.2 Å². The van der Waals surface area contributed by atoms with Crippen LogP contribution in [0.15, 0.2) is 41.1 Å². The number of nitrogens with one attached hydrogen (secondary N) is 1. The minimum atomic E-state index is -0.175. The lowest BCUT2D eigenvalue weighted by molar-refractivity contribution is 0.325. The van der Waals surface area contributed by atoms with Crippen LogP contribution < -0.4 is 5.32 Å². The molecule has 0 saturated heterocycles. The highest BCUT2D eigenvalue weighted by molar-refractivity contribution is 7.07. The fourth-order valence-electron chi connectivity index (χ4n) is 2.04. The largest absolute Gasteiger partial charge is 0.315 e. The van der Waals surface area contributed by atoms with Gasteiger partial charge >= 0.3 is 0 Å². The number of nitrogens with zero attached hydrogens (tertiary/aromatic N) is 1. The molecule has 108 valence electrons. The second-order valence-electron chi connectivity index (χ2n) is 5.00. The first-order valence-corrected chi connectivity index (χ1v) is 7.83. The van der Waals surface area contributed by atoms with Crippen molar-refractivity contribution in [3.8, 4) is 0 Å². The number of hydrogen-bond acceptors (Lipinski definition) is 3. The maximum atomic E-state index is 12.8. The summed E-state index contributed by atoms with van der Waals surface area (Å²) < 4.78 is 12.8. The molecule has 4 heteroatoms. The van der Waals surface area contributed by atoms with Gasteiger partial charge in [0, 0.05) is 19.6 Å². The van der Waals surface area contributed by atoms with Crippen LogP contribution in [0.1, 0.15) is 11.1 Å². The summed E-state index contributed by atoms with van der Waals surface area (Å²) in [5.74, 6) is -0.175. The molecule has 0 aliphatic rings. The predicted octanol–water partition coefficient (Wildman–Crippen LogP) is 3.15. The molecule has 20 heavy (non-hydrogen) atoms. The Labute approximate surface area is 124 Å². The third kappa shape index (κ3) is 5.41. The zero-order valence-electron chi connectivity index (χ0n) is 11.8. The van der Waals surface area contributed by atoms with E-state index < -0.39 is 0 Å². The smallest absolute Gasteiger partial charge is 0.123 e. The van der Waals surface area contributed by atoms with Crippen molar-refractivity contribution >= 4 is 11.3 Å². The molecule has 0 radical (unpaired) electrons. The van der Waals surface area contributed by atoms with Crippen LogP contribution in [0.3, 0.4) is 0 Å². The molecule has 0 atom stereocenters. The fourth-order valence-corrected chi connectivity index (χ4v) is 2.75. The van der Waals surface area contributed by atoms with Crippen molar-refractivity contribution in [3.05, 3.63) is 58.0 Å². The predicted molar refractivity (Wildman–Crippen MR) is 83.6 cm³/mol. The molecule has 2 nitrogen and oxygen atoms in total. The fraction of sp³-hybridized carbons (Fsp3) is 0.375. The number of thiophene rings is 1. The van der Waals surface area contributed by atoms with Gasteiger partial charge in [-0.05, 0) is 60.1 Å². The molecule has 1 aromatic carbocycles. The number of likely N-dealkylation sites (N-methyl/N-ethyl adjacent to an activating group) is 1. The standard InChI is InChI=1S/C16H21FN2S/c1-19(12-14-2-4-16(17)5-3-14)10-9-18-8-6-15-7-11-20-13-15/h2-5,7,11,13,18H,6,8-10,12H2,1H3. The molecule has 1 aromatic heterocycles. The van der Waals surface area contributed by atoms with Crippen molar-refractivity contribution in [1.29, 1.82) is 0 Å². The molecule has 0 aliphatic carbocycles. The van der Waals surface area contributed by atoms with Crippen LogP contribution in [0, 0.1) is 5.82 Å². The average molecular weight is 292 g/mol. The zero-order valence-corrected chi connectivity index (χ0v) is 12.6. The van der Waals surface area contributed by atoms with E-state index in [4.69, 9.17) is 0 Å². The Morgan fingerprint density at radius 2 is 1.90 bits per heavy atom. The summed E-state index contributed by atoms with van der Waals surface area (Å²) in [6.45, 7) is 3.83. The second kappa shape index (κ2) is 8.15. The van der Waals surface area contributed by atoms with Gasteiger partial charge in [-0.2, -0.15) is 11.3 Å². The molecule has 0 aliphatic heterocycles. The Morgan fingerprint density at radius 1 is 1.10 bits per heavy atom. The first-order chi connectivity index (χ1) is 9.74. The normalized spacial score (nSPS) is 11.2. The Hall–Kier alpha value is -1.23. The van der Waals surface area contributed by atoms with Crippen molar-refractivity contribution in [3.63, 3.8) is 0 Å². The van der Waals surface area contributed by atoms with Crippen molar-refractivity contribution in [2.45, 2.75) is 13.0 Å². The first kappa shape index (κ1) is 15.2. The van der Waals surface area contributed by atoms with Gasteiger partial charge in [-0.25, -0.2) is 4.39 Å². The Balaban J connectivity index is 1.58. The monoisotopic (exact) mass is 292 g/mol. The third-order valence-corrected chi connectivity index (χ3v) is 3.94. The average Bonchev–Trinajstić information content (AvgIpc) is 2.94. The number of hydrogen-bond donors (Lipinski definition) is 1. The summed E-state index contributed by atoms with van der Waals surface area (Å²) >= 11 is 1.75. The zero-order chi connectivity index (χ0) is 14.2. The van der Waals surface area contributed by atoms with Gasteiger partial charge < -0.3 is 10.2 Å². The molecule has 0 bridgehead atoms. The van der Waals surface area contributed by atoms with E-state index in [2.05, 4.69) is 34.1 Å². The van der Waals surface area contributed by atoms with Crippen LogP contribution in [0.4, 0.5) is 4.39 Å². The molecule has 0 amide bonds. The van der Waals surface area contributed by atoms with Gasteiger partial charge in [0.25, 0.3) is 0 Å². The molecular formula is C16H21FN2S. The minimum absolute atomic E-state index is 0.175. The van der Waals surface area contributed by atoms with E-state index in [0.29, 0.717) is 0 Å². The molecular weight excluding hydrogens is 271 g/mol. The van der Waals surface area contributed by atoms with Crippen molar-refractivity contribution < 1.29 is 4.39 Å². The Bertz CT molecular complexity index is 482. The number of rotatable bonds is 8. The molecule has 0 spiro atoms. The van der Waals surface area contributed by atoms with Crippen molar-refractivity contribution in [2.24, 2.45) is 0 Å². The quantitative estimate of drug-likeness (QED) is 0.752. The highest BCUT2D eigenvalue weighted by Crippen LogP contribution is 2.06. The summed E-state index contributed by atoms with van der Waals surface area (Å²) in [5.41, 5.74) is 2.55. The maximum Gasteiger partial charge on any atom is 0.123 e. The van der Waals surface area contributed by atoms with Crippen LogP contribution in [0.2, 0.25) is 0 Å².